The molecular weight excluding hydrogens is 293 g/mol. The van der Waals surface area contributed by atoms with E-state index in [-0.39, 0.29) is 17.3 Å². The summed E-state index contributed by atoms with van der Waals surface area (Å²) >= 11 is 3.44. The molecule has 102 valence electrons. The van der Waals surface area contributed by atoms with E-state index < -0.39 is 0 Å². The molecule has 1 aromatic carbocycles. The molecule has 1 aromatic rings. The normalized spacial score (nSPS) is 15.5. The zero-order chi connectivity index (χ0) is 13.9. The molecule has 0 fully saturated rings. The minimum atomic E-state index is -0.204. The molecule has 0 saturated heterocycles. The van der Waals surface area contributed by atoms with Gasteiger partial charge in [0, 0.05) is 10.5 Å². The van der Waals surface area contributed by atoms with Crippen LogP contribution in [0.4, 0.5) is 4.39 Å². The minimum Gasteiger partial charge on any atom is -0.327 e. The summed E-state index contributed by atoms with van der Waals surface area (Å²) in [5.41, 5.74) is 7.39. The highest BCUT2D eigenvalue weighted by Gasteiger charge is 2.22. The molecular formula is C15H23BrFN. The number of nitrogens with two attached hydrogens (primary N) is 1. The van der Waals surface area contributed by atoms with Gasteiger partial charge in [-0.05, 0) is 47.9 Å². The van der Waals surface area contributed by atoms with Crippen LogP contribution in [0.1, 0.15) is 39.7 Å². The van der Waals surface area contributed by atoms with Crippen LogP contribution in [0, 0.1) is 17.2 Å². The number of hydrogen-bond acceptors (Lipinski definition) is 1. The van der Waals surface area contributed by atoms with Crippen LogP contribution in [0.15, 0.2) is 22.7 Å². The first-order valence-corrected chi connectivity index (χ1v) is 7.19. The van der Waals surface area contributed by atoms with Crippen molar-refractivity contribution in [2.24, 2.45) is 17.1 Å². The molecule has 3 heteroatoms. The van der Waals surface area contributed by atoms with Crippen molar-refractivity contribution in [3.05, 3.63) is 34.1 Å². The van der Waals surface area contributed by atoms with Crippen LogP contribution >= 0.6 is 15.9 Å². The topological polar surface area (TPSA) is 26.0 Å². The third kappa shape index (κ3) is 4.69. The Morgan fingerprint density at radius 2 is 1.94 bits per heavy atom. The number of rotatable bonds is 4. The Kier molecular flexibility index (Phi) is 5.35. The molecule has 18 heavy (non-hydrogen) atoms. The molecule has 1 rings (SSSR count). The highest BCUT2D eigenvalue weighted by atomic mass is 79.9. The zero-order valence-corrected chi connectivity index (χ0v) is 13.2. The van der Waals surface area contributed by atoms with Crippen molar-refractivity contribution in [2.75, 3.05) is 0 Å². The van der Waals surface area contributed by atoms with E-state index >= 15 is 0 Å². The molecule has 0 bridgehead atoms. The fraction of sp³-hybridized carbons (Fsp3) is 0.600. The van der Waals surface area contributed by atoms with E-state index in [1.54, 1.807) is 12.1 Å². The van der Waals surface area contributed by atoms with Crippen LogP contribution in [0.2, 0.25) is 0 Å². The SMILES string of the molecule is CC(CC(N)Cc1cc(F)ccc1Br)C(C)(C)C. The summed E-state index contributed by atoms with van der Waals surface area (Å²) in [5.74, 6) is 0.337. The smallest absolute Gasteiger partial charge is 0.123 e. The molecule has 2 N–H and O–H groups in total. The maximum absolute atomic E-state index is 13.2. The van der Waals surface area contributed by atoms with Crippen LogP contribution in [-0.4, -0.2) is 6.04 Å². The van der Waals surface area contributed by atoms with Crippen molar-refractivity contribution in [1.82, 2.24) is 0 Å². The van der Waals surface area contributed by atoms with E-state index in [9.17, 15) is 4.39 Å². The lowest BCUT2D eigenvalue weighted by molar-refractivity contribution is 0.233. The van der Waals surface area contributed by atoms with Gasteiger partial charge in [0.05, 0.1) is 0 Å². The van der Waals surface area contributed by atoms with E-state index in [2.05, 4.69) is 43.6 Å². The van der Waals surface area contributed by atoms with Gasteiger partial charge in [-0.15, -0.1) is 0 Å². The van der Waals surface area contributed by atoms with Crippen molar-refractivity contribution < 1.29 is 4.39 Å². The number of hydrogen-bond donors (Lipinski definition) is 1. The van der Waals surface area contributed by atoms with E-state index in [0.29, 0.717) is 12.3 Å². The Hall–Kier alpha value is -0.410. The number of halogens is 2. The monoisotopic (exact) mass is 315 g/mol. The molecule has 0 heterocycles. The van der Waals surface area contributed by atoms with Gasteiger partial charge in [0.25, 0.3) is 0 Å². The standard InChI is InChI=1S/C15H23BrFN/c1-10(15(2,3)4)7-13(18)9-11-8-12(17)5-6-14(11)16/h5-6,8,10,13H,7,9,18H2,1-4H3. The van der Waals surface area contributed by atoms with Gasteiger partial charge < -0.3 is 5.73 Å². The molecule has 0 aliphatic carbocycles. The van der Waals surface area contributed by atoms with Gasteiger partial charge >= 0.3 is 0 Å². The lowest BCUT2D eigenvalue weighted by Gasteiger charge is -2.29. The van der Waals surface area contributed by atoms with E-state index in [1.807, 2.05) is 0 Å². The van der Waals surface area contributed by atoms with Crippen molar-refractivity contribution in [3.63, 3.8) is 0 Å². The molecule has 0 aliphatic heterocycles. The largest absolute Gasteiger partial charge is 0.327 e. The molecule has 0 amide bonds. The average Bonchev–Trinajstić information content (AvgIpc) is 2.22. The van der Waals surface area contributed by atoms with Crippen molar-refractivity contribution >= 4 is 15.9 Å². The van der Waals surface area contributed by atoms with Crippen molar-refractivity contribution in [2.45, 2.75) is 46.6 Å². The Bertz CT molecular complexity index is 398. The van der Waals surface area contributed by atoms with Crippen LogP contribution in [0.3, 0.4) is 0 Å². The maximum Gasteiger partial charge on any atom is 0.123 e. The third-order valence-electron chi connectivity index (χ3n) is 3.62. The first-order valence-electron chi connectivity index (χ1n) is 6.39. The highest BCUT2D eigenvalue weighted by Crippen LogP contribution is 2.29. The fourth-order valence-corrected chi connectivity index (χ4v) is 2.28. The van der Waals surface area contributed by atoms with Crippen molar-refractivity contribution in [3.8, 4) is 0 Å². The van der Waals surface area contributed by atoms with Gasteiger partial charge in [-0.2, -0.15) is 0 Å². The van der Waals surface area contributed by atoms with Gasteiger partial charge in [-0.3, -0.25) is 0 Å². The van der Waals surface area contributed by atoms with E-state index in [0.717, 1.165) is 16.5 Å². The first kappa shape index (κ1) is 15.6. The first-order chi connectivity index (χ1) is 8.20. The molecule has 0 spiro atoms. The van der Waals surface area contributed by atoms with Crippen LogP contribution < -0.4 is 5.73 Å². The molecule has 0 aliphatic rings. The predicted octanol–water partition coefficient (Wildman–Crippen LogP) is 4.53. The fourth-order valence-electron chi connectivity index (χ4n) is 1.87. The second kappa shape index (κ2) is 6.16. The summed E-state index contributed by atoms with van der Waals surface area (Å²) < 4.78 is 14.1. The van der Waals surface area contributed by atoms with Crippen LogP contribution in [0.5, 0.6) is 0 Å². The van der Waals surface area contributed by atoms with Gasteiger partial charge in [-0.25, -0.2) is 4.39 Å². The summed E-state index contributed by atoms with van der Waals surface area (Å²) in [6.45, 7) is 8.90. The second-order valence-corrected chi connectivity index (χ2v) is 7.06. The molecule has 1 nitrogen and oxygen atoms in total. The lowest BCUT2D eigenvalue weighted by Crippen LogP contribution is -2.30. The van der Waals surface area contributed by atoms with Gasteiger partial charge in [0.2, 0.25) is 0 Å². The Balaban J connectivity index is 2.65. The minimum absolute atomic E-state index is 0.0670. The van der Waals surface area contributed by atoms with Gasteiger partial charge in [-0.1, -0.05) is 43.6 Å². The predicted molar refractivity (Wildman–Crippen MR) is 79.0 cm³/mol. The Morgan fingerprint density at radius 1 is 1.33 bits per heavy atom. The maximum atomic E-state index is 13.2. The summed E-state index contributed by atoms with van der Waals surface area (Å²) in [5, 5.41) is 0. The molecule has 2 unspecified atom stereocenters. The molecule has 2 atom stereocenters. The van der Waals surface area contributed by atoms with Gasteiger partial charge in [0.15, 0.2) is 0 Å². The van der Waals surface area contributed by atoms with Gasteiger partial charge in [0.1, 0.15) is 5.82 Å². The summed E-state index contributed by atoms with van der Waals surface area (Å²) in [6.07, 6.45) is 1.66. The summed E-state index contributed by atoms with van der Waals surface area (Å²) in [7, 11) is 0. The molecule has 0 radical (unpaired) electrons. The van der Waals surface area contributed by atoms with Crippen molar-refractivity contribution in [1.29, 1.82) is 0 Å². The van der Waals surface area contributed by atoms with Crippen LogP contribution in [-0.2, 0) is 6.42 Å². The Morgan fingerprint density at radius 3 is 2.50 bits per heavy atom. The molecule has 0 aromatic heterocycles. The quantitative estimate of drug-likeness (QED) is 0.868. The number of benzene rings is 1. The lowest BCUT2D eigenvalue weighted by atomic mass is 9.78. The Labute approximate surface area is 118 Å². The average molecular weight is 316 g/mol. The second-order valence-electron chi connectivity index (χ2n) is 6.20. The summed E-state index contributed by atoms with van der Waals surface area (Å²) in [6, 6.07) is 4.82. The summed E-state index contributed by atoms with van der Waals surface area (Å²) in [4.78, 5) is 0. The highest BCUT2D eigenvalue weighted by molar-refractivity contribution is 9.10. The molecule has 0 saturated carbocycles. The third-order valence-corrected chi connectivity index (χ3v) is 4.40. The van der Waals surface area contributed by atoms with Crippen LogP contribution in [0.25, 0.3) is 0 Å². The van der Waals surface area contributed by atoms with E-state index in [4.69, 9.17) is 5.73 Å². The van der Waals surface area contributed by atoms with E-state index in [1.165, 1.54) is 6.07 Å². The zero-order valence-electron chi connectivity index (χ0n) is 11.6.